The van der Waals surface area contributed by atoms with E-state index in [0.29, 0.717) is 18.7 Å². The molecule has 0 spiro atoms. The quantitative estimate of drug-likeness (QED) is 0.405. The van der Waals surface area contributed by atoms with Crippen LogP contribution in [0.5, 0.6) is 11.5 Å². The molecule has 3 heterocycles. The third kappa shape index (κ3) is 5.80. The van der Waals surface area contributed by atoms with Crippen molar-refractivity contribution in [1.82, 2.24) is 14.9 Å². The lowest BCUT2D eigenvalue weighted by molar-refractivity contribution is 0.0857. The van der Waals surface area contributed by atoms with E-state index in [1.54, 1.807) is 18.4 Å². The monoisotopic (exact) mass is 483 g/mol. The first-order chi connectivity index (χ1) is 16.6. The van der Waals surface area contributed by atoms with Crippen molar-refractivity contribution in [2.45, 2.75) is 58.8 Å². The third-order valence-corrected chi connectivity index (χ3v) is 6.92. The van der Waals surface area contributed by atoms with Gasteiger partial charge in [0.2, 0.25) is 0 Å². The number of thiazole rings is 1. The minimum atomic E-state index is -0.0530. The molecule has 0 bridgehead atoms. The van der Waals surface area contributed by atoms with E-state index in [4.69, 9.17) is 19.2 Å². The summed E-state index contributed by atoms with van der Waals surface area (Å²) in [4.78, 5) is 17.8. The van der Waals surface area contributed by atoms with Crippen molar-refractivity contribution in [1.29, 1.82) is 0 Å². The largest absolute Gasteiger partial charge is 0.497 e. The summed E-state index contributed by atoms with van der Waals surface area (Å²) in [5.41, 5.74) is 3.52. The van der Waals surface area contributed by atoms with Crippen molar-refractivity contribution >= 4 is 17.2 Å². The van der Waals surface area contributed by atoms with Gasteiger partial charge in [0, 0.05) is 30.8 Å². The van der Waals surface area contributed by atoms with Gasteiger partial charge in [0.05, 0.1) is 30.2 Å². The fraction of sp³-hybridized carbons (Fsp3) is 0.462. The Hall–Kier alpha value is -2.84. The predicted molar refractivity (Wildman–Crippen MR) is 134 cm³/mol. The van der Waals surface area contributed by atoms with Gasteiger partial charge < -0.3 is 24.1 Å². The molecule has 0 radical (unpaired) electrons. The smallest absolute Gasteiger partial charge is 0.253 e. The number of ether oxygens (including phenoxy) is 3. The number of carbonyl (C=O) groups is 1. The van der Waals surface area contributed by atoms with E-state index in [-0.39, 0.29) is 12.0 Å². The second kappa shape index (κ2) is 11.5. The average Bonchev–Trinajstić information content (AvgIpc) is 3.61. The van der Waals surface area contributed by atoms with Crippen molar-refractivity contribution in [2.24, 2.45) is 0 Å². The Morgan fingerprint density at radius 3 is 2.79 bits per heavy atom. The van der Waals surface area contributed by atoms with Gasteiger partial charge in [0.15, 0.2) is 0 Å². The van der Waals surface area contributed by atoms with Crippen molar-refractivity contribution in [3.63, 3.8) is 0 Å². The second-order valence-electron chi connectivity index (χ2n) is 8.47. The SMILES string of the molecule is CCCCn1c(-c2csc(COc3ccc(OC)cc3)n2)cc(C(=O)NCC2CCCO2)c1C. The molecule has 1 aliphatic rings. The summed E-state index contributed by atoms with van der Waals surface area (Å²) in [7, 11) is 1.64. The molecule has 34 heavy (non-hydrogen) atoms. The lowest BCUT2D eigenvalue weighted by Gasteiger charge is -2.12. The molecule has 2 aromatic heterocycles. The summed E-state index contributed by atoms with van der Waals surface area (Å²) in [5, 5.41) is 5.98. The summed E-state index contributed by atoms with van der Waals surface area (Å²) >= 11 is 1.56. The summed E-state index contributed by atoms with van der Waals surface area (Å²) in [6.07, 6.45) is 4.30. The number of unbranched alkanes of at least 4 members (excludes halogenated alkanes) is 1. The zero-order valence-electron chi connectivity index (χ0n) is 20.1. The topological polar surface area (TPSA) is 74.6 Å². The maximum atomic E-state index is 13.0. The first-order valence-electron chi connectivity index (χ1n) is 11.9. The van der Waals surface area contributed by atoms with Gasteiger partial charge in [-0.25, -0.2) is 4.98 Å². The van der Waals surface area contributed by atoms with Crippen molar-refractivity contribution < 1.29 is 19.0 Å². The van der Waals surface area contributed by atoms with E-state index in [9.17, 15) is 4.79 Å². The number of methoxy groups -OCH3 is 1. The molecule has 0 aliphatic carbocycles. The van der Waals surface area contributed by atoms with Gasteiger partial charge in [-0.2, -0.15) is 0 Å². The number of carbonyl (C=O) groups excluding carboxylic acids is 1. The fourth-order valence-corrected chi connectivity index (χ4v) is 4.81. The van der Waals surface area contributed by atoms with Gasteiger partial charge in [0.25, 0.3) is 5.91 Å². The van der Waals surface area contributed by atoms with Gasteiger partial charge in [-0.1, -0.05) is 13.3 Å². The zero-order valence-corrected chi connectivity index (χ0v) is 21.0. The lowest BCUT2D eigenvalue weighted by Crippen LogP contribution is -2.32. The molecule has 3 aromatic rings. The average molecular weight is 484 g/mol. The lowest BCUT2D eigenvalue weighted by atomic mass is 10.2. The Morgan fingerprint density at radius 1 is 1.29 bits per heavy atom. The number of rotatable bonds is 11. The fourth-order valence-electron chi connectivity index (χ4n) is 4.11. The molecule has 7 nitrogen and oxygen atoms in total. The number of amides is 1. The molecule has 182 valence electrons. The highest BCUT2D eigenvalue weighted by Crippen LogP contribution is 2.29. The first-order valence-corrected chi connectivity index (χ1v) is 12.8. The Kier molecular flexibility index (Phi) is 8.24. The van der Waals surface area contributed by atoms with Crippen molar-refractivity contribution in [3.8, 4) is 22.9 Å². The third-order valence-electron chi connectivity index (χ3n) is 6.10. The van der Waals surface area contributed by atoms with E-state index in [1.165, 1.54) is 0 Å². The standard InChI is InChI=1S/C26H33N3O4S/c1-4-5-12-29-18(2)22(26(30)27-15-21-7-6-13-32-21)14-24(29)23-17-34-25(28-23)16-33-20-10-8-19(31-3)9-11-20/h8-11,14,17,21H,4-7,12-13,15-16H2,1-3H3,(H,27,30). The number of nitrogens with zero attached hydrogens (tertiary/aromatic N) is 2. The van der Waals surface area contributed by atoms with E-state index >= 15 is 0 Å². The van der Waals surface area contributed by atoms with Crippen LogP contribution in [0.4, 0.5) is 0 Å². The van der Waals surface area contributed by atoms with Gasteiger partial charge in [-0.05, 0) is 56.5 Å². The van der Waals surface area contributed by atoms with Crippen LogP contribution >= 0.6 is 11.3 Å². The summed E-state index contributed by atoms with van der Waals surface area (Å²) in [6, 6.07) is 9.48. The van der Waals surface area contributed by atoms with E-state index in [0.717, 1.165) is 72.4 Å². The summed E-state index contributed by atoms with van der Waals surface area (Å²) in [5.74, 6) is 1.51. The summed E-state index contributed by atoms with van der Waals surface area (Å²) < 4.78 is 18.9. The van der Waals surface area contributed by atoms with Crippen LogP contribution in [0, 0.1) is 6.92 Å². The minimum Gasteiger partial charge on any atom is -0.497 e. The van der Waals surface area contributed by atoms with Crippen molar-refractivity contribution in [2.75, 3.05) is 20.3 Å². The molecule has 1 amide bonds. The molecule has 1 aromatic carbocycles. The molecule has 4 rings (SSSR count). The van der Waals surface area contributed by atoms with Gasteiger partial charge in [-0.15, -0.1) is 11.3 Å². The predicted octanol–water partition coefficient (Wildman–Crippen LogP) is 5.22. The van der Waals surface area contributed by atoms with Crippen LogP contribution in [-0.4, -0.2) is 41.8 Å². The minimum absolute atomic E-state index is 0.0530. The highest BCUT2D eigenvalue weighted by atomic mass is 32.1. The Morgan fingerprint density at radius 2 is 2.09 bits per heavy atom. The van der Waals surface area contributed by atoms with Crippen LogP contribution in [0.1, 0.15) is 53.7 Å². The number of nitrogens with one attached hydrogen (secondary N) is 1. The Balaban J connectivity index is 1.48. The van der Waals surface area contributed by atoms with Crippen LogP contribution in [0.25, 0.3) is 11.4 Å². The van der Waals surface area contributed by atoms with Crippen LogP contribution in [0.3, 0.4) is 0 Å². The highest BCUT2D eigenvalue weighted by molar-refractivity contribution is 7.09. The number of hydrogen-bond acceptors (Lipinski definition) is 6. The maximum Gasteiger partial charge on any atom is 0.253 e. The Labute approximate surface area is 205 Å². The van der Waals surface area contributed by atoms with Gasteiger partial charge in [0.1, 0.15) is 23.1 Å². The van der Waals surface area contributed by atoms with Gasteiger partial charge in [-0.3, -0.25) is 4.79 Å². The van der Waals surface area contributed by atoms with Crippen LogP contribution in [-0.2, 0) is 17.9 Å². The molecular formula is C26H33N3O4S. The Bertz CT molecular complexity index is 1080. The molecule has 0 saturated carbocycles. The molecule has 1 fully saturated rings. The molecule has 1 atom stereocenters. The second-order valence-corrected chi connectivity index (χ2v) is 9.41. The molecule has 8 heteroatoms. The molecule has 1 unspecified atom stereocenters. The highest BCUT2D eigenvalue weighted by Gasteiger charge is 2.22. The normalized spacial score (nSPS) is 15.4. The van der Waals surface area contributed by atoms with Crippen molar-refractivity contribution in [3.05, 3.63) is 52.0 Å². The maximum absolute atomic E-state index is 13.0. The van der Waals surface area contributed by atoms with E-state index < -0.39 is 0 Å². The molecular weight excluding hydrogens is 450 g/mol. The van der Waals surface area contributed by atoms with Crippen LogP contribution < -0.4 is 14.8 Å². The van der Waals surface area contributed by atoms with E-state index in [2.05, 4.69) is 16.8 Å². The molecule has 1 N–H and O–H groups in total. The molecule has 1 aliphatic heterocycles. The first kappa shape index (κ1) is 24.3. The molecule has 1 saturated heterocycles. The van der Waals surface area contributed by atoms with Gasteiger partial charge >= 0.3 is 0 Å². The summed E-state index contributed by atoms with van der Waals surface area (Å²) in [6.45, 7) is 6.76. The number of hydrogen-bond donors (Lipinski definition) is 1. The van der Waals surface area contributed by atoms with Crippen LogP contribution in [0.15, 0.2) is 35.7 Å². The number of benzene rings is 1. The van der Waals surface area contributed by atoms with Crippen LogP contribution in [0.2, 0.25) is 0 Å². The zero-order chi connectivity index (χ0) is 23.9. The van der Waals surface area contributed by atoms with E-state index in [1.807, 2.05) is 42.6 Å². The number of aromatic nitrogens is 2.